The van der Waals surface area contributed by atoms with E-state index in [4.69, 9.17) is 9.84 Å². The zero-order valence-corrected chi connectivity index (χ0v) is 8.73. The third kappa shape index (κ3) is 2.97. The van der Waals surface area contributed by atoms with Crippen LogP contribution in [0.1, 0.15) is 13.8 Å². The summed E-state index contributed by atoms with van der Waals surface area (Å²) < 4.78 is 5.62. The molecule has 1 heterocycles. The first-order valence-corrected chi connectivity index (χ1v) is 4.97. The summed E-state index contributed by atoms with van der Waals surface area (Å²) in [7, 11) is 2.05. The number of hydrogen-bond acceptors (Lipinski definition) is 3. The Balaban J connectivity index is 2.49. The van der Waals surface area contributed by atoms with Crippen LogP contribution in [0.5, 0.6) is 0 Å². The molecule has 0 spiro atoms. The summed E-state index contributed by atoms with van der Waals surface area (Å²) >= 11 is 0. The predicted molar refractivity (Wildman–Crippen MR) is 54.1 cm³/mol. The lowest BCUT2D eigenvalue weighted by Crippen LogP contribution is -2.52. The third-order valence-electron chi connectivity index (χ3n) is 2.53. The van der Waals surface area contributed by atoms with Gasteiger partial charge in [-0.2, -0.15) is 0 Å². The molecule has 2 atom stereocenters. The molecular weight excluding hydrogens is 165 g/mol. The fraction of sp³-hybridized carbons (Fsp3) is 1.00. The molecule has 13 heavy (non-hydrogen) atoms. The van der Waals surface area contributed by atoms with Crippen LogP contribution in [0.25, 0.3) is 0 Å². The Hall–Kier alpha value is -0.0551. The van der Waals surface area contributed by atoms with E-state index in [2.05, 4.69) is 26.0 Å². The van der Waals surface area contributed by atoms with Crippen LogP contribution < -0.4 is 0 Å². The van der Waals surface area contributed by atoms with Gasteiger partial charge in [-0.05, 0) is 13.8 Å². The monoisotopic (exact) mass is 184 g/mol. The molecule has 0 bridgehead atoms. The zero-order chi connectivity index (χ0) is 9.84. The second kappa shape index (κ2) is 4.98. The SMILES string of the molecule is C[B]C1CN(C(C)C)CC(CO)O1. The quantitative estimate of drug-likeness (QED) is 0.634. The van der Waals surface area contributed by atoms with Crippen LogP contribution in [-0.2, 0) is 4.74 Å². The molecule has 1 aliphatic rings. The van der Waals surface area contributed by atoms with E-state index < -0.39 is 0 Å². The fourth-order valence-electron chi connectivity index (χ4n) is 1.61. The average Bonchev–Trinajstić information content (AvgIpc) is 2.16. The van der Waals surface area contributed by atoms with Crippen molar-refractivity contribution in [2.24, 2.45) is 0 Å². The van der Waals surface area contributed by atoms with Crippen LogP contribution in [0, 0.1) is 0 Å². The molecule has 1 fully saturated rings. The van der Waals surface area contributed by atoms with Crippen LogP contribution in [0.15, 0.2) is 0 Å². The zero-order valence-electron chi connectivity index (χ0n) is 8.73. The van der Waals surface area contributed by atoms with Crippen LogP contribution in [0.3, 0.4) is 0 Å². The molecule has 1 saturated heterocycles. The summed E-state index contributed by atoms with van der Waals surface area (Å²) in [6, 6.07) is 0.702. The largest absolute Gasteiger partial charge is 0.394 e. The first-order valence-electron chi connectivity index (χ1n) is 4.97. The van der Waals surface area contributed by atoms with Crippen LogP contribution in [0.4, 0.5) is 0 Å². The molecule has 1 aliphatic heterocycles. The smallest absolute Gasteiger partial charge is 0.147 e. The van der Waals surface area contributed by atoms with Gasteiger partial charge in [0.2, 0.25) is 0 Å². The summed E-state index contributed by atoms with van der Waals surface area (Å²) in [6.07, 6.45) is -0.0163. The first kappa shape index (κ1) is 11.0. The van der Waals surface area contributed by atoms with Crippen LogP contribution >= 0.6 is 0 Å². The van der Waals surface area contributed by atoms with Crippen molar-refractivity contribution in [3.8, 4) is 0 Å². The van der Waals surface area contributed by atoms with Crippen molar-refractivity contribution in [1.82, 2.24) is 4.90 Å². The molecular formula is C9H19BNO2. The molecule has 1 radical (unpaired) electrons. The topological polar surface area (TPSA) is 32.7 Å². The van der Waals surface area contributed by atoms with Gasteiger partial charge in [0, 0.05) is 25.1 Å². The molecule has 0 aromatic rings. The molecule has 0 saturated carbocycles. The summed E-state index contributed by atoms with van der Waals surface area (Å²) in [5, 5.41) is 9.04. The van der Waals surface area contributed by atoms with Crippen LogP contribution in [0.2, 0.25) is 6.82 Å². The normalized spacial score (nSPS) is 30.8. The van der Waals surface area contributed by atoms with E-state index in [1.165, 1.54) is 0 Å². The molecule has 3 nitrogen and oxygen atoms in total. The maximum atomic E-state index is 9.04. The van der Waals surface area contributed by atoms with Gasteiger partial charge in [-0.15, -0.1) is 0 Å². The van der Waals surface area contributed by atoms with Crippen molar-refractivity contribution >= 4 is 7.28 Å². The number of hydrogen-bond donors (Lipinski definition) is 1. The van der Waals surface area contributed by atoms with Crippen molar-refractivity contribution < 1.29 is 9.84 Å². The molecule has 0 amide bonds. The van der Waals surface area contributed by atoms with Gasteiger partial charge in [-0.1, -0.05) is 6.82 Å². The molecule has 0 aliphatic carbocycles. The van der Waals surface area contributed by atoms with E-state index in [-0.39, 0.29) is 18.7 Å². The van der Waals surface area contributed by atoms with Gasteiger partial charge >= 0.3 is 0 Å². The molecule has 4 heteroatoms. The van der Waals surface area contributed by atoms with Gasteiger partial charge in [-0.25, -0.2) is 0 Å². The number of rotatable bonds is 3. The highest BCUT2D eigenvalue weighted by atomic mass is 16.5. The highest BCUT2D eigenvalue weighted by Crippen LogP contribution is 2.12. The Labute approximate surface area is 81.3 Å². The van der Waals surface area contributed by atoms with Gasteiger partial charge in [0.05, 0.1) is 12.7 Å². The highest BCUT2D eigenvalue weighted by molar-refractivity contribution is 6.35. The summed E-state index contributed by atoms with van der Waals surface area (Å²) in [5.41, 5.74) is 0. The molecule has 1 N–H and O–H groups in total. The lowest BCUT2D eigenvalue weighted by molar-refractivity contribution is -0.0799. The van der Waals surface area contributed by atoms with Gasteiger partial charge in [-0.3, -0.25) is 4.90 Å². The second-order valence-corrected chi connectivity index (χ2v) is 3.86. The van der Waals surface area contributed by atoms with Gasteiger partial charge in [0.15, 0.2) is 0 Å². The van der Waals surface area contributed by atoms with E-state index in [9.17, 15) is 0 Å². The van der Waals surface area contributed by atoms with E-state index in [1.54, 1.807) is 0 Å². The minimum Gasteiger partial charge on any atom is -0.394 e. The summed E-state index contributed by atoms with van der Waals surface area (Å²) in [6.45, 7) is 8.26. The maximum Gasteiger partial charge on any atom is 0.147 e. The molecule has 75 valence electrons. The maximum absolute atomic E-state index is 9.04. The summed E-state index contributed by atoms with van der Waals surface area (Å²) in [5.74, 6) is 0. The fourth-order valence-corrected chi connectivity index (χ4v) is 1.61. The Morgan fingerprint density at radius 2 is 2.23 bits per heavy atom. The molecule has 2 unspecified atom stereocenters. The van der Waals surface area contributed by atoms with Crippen molar-refractivity contribution in [3.05, 3.63) is 0 Å². The molecule has 0 aromatic carbocycles. The highest BCUT2D eigenvalue weighted by Gasteiger charge is 2.27. The lowest BCUT2D eigenvalue weighted by atomic mass is 9.73. The van der Waals surface area contributed by atoms with Crippen molar-refractivity contribution in [1.29, 1.82) is 0 Å². The number of nitrogens with zero attached hydrogens (tertiary/aromatic N) is 1. The summed E-state index contributed by atoms with van der Waals surface area (Å²) in [4.78, 5) is 2.34. The number of aliphatic hydroxyl groups excluding tert-OH is 1. The van der Waals surface area contributed by atoms with E-state index in [0.29, 0.717) is 6.04 Å². The van der Waals surface area contributed by atoms with Crippen molar-refractivity contribution in [2.75, 3.05) is 19.7 Å². The minimum atomic E-state index is -0.0163. The number of morpholine rings is 1. The number of aliphatic hydroxyl groups is 1. The van der Waals surface area contributed by atoms with Gasteiger partial charge in [0.1, 0.15) is 7.28 Å². The van der Waals surface area contributed by atoms with Gasteiger partial charge < -0.3 is 9.84 Å². The van der Waals surface area contributed by atoms with Crippen molar-refractivity contribution in [3.63, 3.8) is 0 Å². The Bertz CT molecular complexity index is 143. The van der Waals surface area contributed by atoms with Crippen LogP contribution in [-0.4, -0.2) is 55.1 Å². The van der Waals surface area contributed by atoms with Crippen molar-refractivity contribution in [2.45, 2.75) is 38.8 Å². The van der Waals surface area contributed by atoms with E-state index in [1.807, 2.05) is 6.82 Å². The third-order valence-corrected chi connectivity index (χ3v) is 2.53. The second-order valence-electron chi connectivity index (χ2n) is 3.86. The molecule has 1 rings (SSSR count). The lowest BCUT2D eigenvalue weighted by Gasteiger charge is -2.39. The van der Waals surface area contributed by atoms with E-state index in [0.717, 1.165) is 13.1 Å². The standard InChI is InChI=1S/C9H19BNO2/c1-7(2)11-4-8(6-12)13-9(5-11)10-3/h7-9,12H,4-6H2,1-3H3. The van der Waals surface area contributed by atoms with Gasteiger partial charge in [0.25, 0.3) is 0 Å². The first-order chi connectivity index (χ1) is 6.17. The Kier molecular flexibility index (Phi) is 4.23. The number of ether oxygens (including phenoxy) is 1. The Morgan fingerprint density at radius 3 is 2.69 bits per heavy atom. The van der Waals surface area contributed by atoms with E-state index >= 15 is 0 Å². The molecule has 0 aromatic heterocycles. The minimum absolute atomic E-state index is 0.0163. The average molecular weight is 184 g/mol. The Morgan fingerprint density at radius 1 is 1.54 bits per heavy atom. The predicted octanol–water partition coefficient (Wildman–Crippen LogP) is 0.166.